The lowest BCUT2D eigenvalue weighted by molar-refractivity contribution is -0.127. The third-order valence-electron chi connectivity index (χ3n) is 4.67. The Morgan fingerprint density at radius 1 is 1.39 bits per heavy atom. The SMILES string of the molecule is CCN1CC(CNc2ncccc2C(=O)N2CCCC2)CC1=O. The normalized spacial score (nSPS) is 21.1. The number of nitrogens with zero attached hydrogens (tertiary/aromatic N) is 3. The molecule has 0 aliphatic carbocycles. The van der Waals surface area contributed by atoms with Crippen molar-refractivity contribution in [2.45, 2.75) is 26.2 Å². The molecule has 2 amide bonds. The van der Waals surface area contributed by atoms with Crippen molar-refractivity contribution in [2.75, 3.05) is 38.0 Å². The van der Waals surface area contributed by atoms with Crippen molar-refractivity contribution in [3.8, 4) is 0 Å². The van der Waals surface area contributed by atoms with Crippen molar-refractivity contribution >= 4 is 17.6 Å². The third-order valence-corrected chi connectivity index (χ3v) is 4.67. The first-order valence-corrected chi connectivity index (χ1v) is 8.45. The smallest absolute Gasteiger partial charge is 0.257 e. The number of anilines is 1. The number of aromatic nitrogens is 1. The van der Waals surface area contributed by atoms with Crippen LogP contribution in [0.4, 0.5) is 5.82 Å². The van der Waals surface area contributed by atoms with Crippen LogP contribution in [0.3, 0.4) is 0 Å². The van der Waals surface area contributed by atoms with Crippen LogP contribution in [0.1, 0.15) is 36.5 Å². The lowest BCUT2D eigenvalue weighted by Gasteiger charge is -2.18. The molecule has 2 saturated heterocycles. The van der Waals surface area contributed by atoms with Crippen LogP contribution in [0, 0.1) is 5.92 Å². The Labute approximate surface area is 136 Å². The second kappa shape index (κ2) is 6.98. The molecule has 1 N–H and O–H groups in total. The second-order valence-corrected chi connectivity index (χ2v) is 6.28. The zero-order valence-electron chi connectivity index (χ0n) is 13.6. The molecule has 3 heterocycles. The highest BCUT2D eigenvalue weighted by molar-refractivity contribution is 5.98. The molecule has 124 valence electrons. The fourth-order valence-electron chi connectivity index (χ4n) is 3.35. The molecule has 2 aliphatic heterocycles. The van der Waals surface area contributed by atoms with E-state index in [9.17, 15) is 9.59 Å². The van der Waals surface area contributed by atoms with Gasteiger partial charge in [0.05, 0.1) is 5.56 Å². The summed E-state index contributed by atoms with van der Waals surface area (Å²) in [7, 11) is 0. The highest BCUT2D eigenvalue weighted by Gasteiger charge is 2.29. The van der Waals surface area contributed by atoms with Gasteiger partial charge < -0.3 is 15.1 Å². The molecular weight excluding hydrogens is 292 g/mol. The van der Waals surface area contributed by atoms with Gasteiger partial charge in [-0.05, 0) is 31.9 Å². The molecule has 0 bridgehead atoms. The van der Waals surface area contributed by atoms with E-state index in [1.165, 1.54) is 0 Å². The number of amides is 2. The highest BCUT2D eigenvalue weighted by atomic mass is 16.2. The van der Waals surface area contributed by atoms with Gasteiger partial charge in [0.25, 0.3) is 5.91 Å². The van der Waals surface area contributed by atoms with E-state index in [-0.39, 0.29) is 17.7 Å². The fraction of sp³-hybridized carbons (Fsp3) is 0.588. The van der Waals surface area contributed by atoms with Crippen LogP contribution >= 0.6 is 0 Å². The molecule has 1 atom stereocenters. The number of nitrogens with one attached hydrogen (secondary N) is 1. The number of likely N-dealkylation sites (tertiary alicyclic amines) is 2. The van der Waals surface area contributed by atoms with Gasteiger partial charge in [0, 0.05) is 51.3 Å². The van der Waals surface area contributed by atoms with Crippen molar-refractivity contribution in [3.63, 3.8) is 0 Å². The summed E-state index contributed by atoms with van der Waals surface area (Å²) in [5, 5.41) is 3.29. The van der Waals surface area contributed by atoms with Gasteiger partial charge in [-0.25, -0.2) is 4.98 Å². The number of hydrogen-bond acceptors (Lipinski definition) is 4. The quantitative estimate of drug-likeness (QED) is 0.896. The van der Waals surface area contributed by atoms with E-state index in [0.29, 0.717) is 24.3 Å². The minimum atomic E-state index is 0.0517. The van der Waals surface area contributed by atoms with E-state index >= 15 is 0 Å². The maximum atomic E-state index is 12.6. The summed E-state index contributed by atoms with van der Waals surface area (Å²) >= 11 is 0. The van der Waals surface area contributed by atoms with Crippen LogP contribution < -0.4 is 5.32 Å². The van der Waals surface area contributed by atoms with Crippen LogP contribution in [0.25, 0.3) is 0 Å². The molecule has 2 aliphatic rings. The molecule has 1 unspecified atom stereocenters. The van der Waals surface area contributed by atoms with Crippen molar-refractivity contribution in [1.82, 2.24) is 14.8 Å². The van der Waals surface area contributed by atoms with Crippen LogP contribution in [-0.2, 0) is 4.79 Å². The van der Waals surface area contributed by atoms with Crippen LogP contribution in [0.2, 0.25) is 0 Å². The molecule has 0 aromatic carbocycles. The summed E-state index contributed by atoms with van der Waals surface area (Å²) in [4.78, 5) is 32.5. The summed E-state index contributed by atoms with van der Waals surface area (Å²) in [6, 6.07) is 3.63. The summed E-state index contributed by atoms with van der Waals surface area (Å²) in [6.07, 6.45) is 4.42. The number of carbonyl (C=O) groups excluding carboxylic acids is 2. The van der Waals surface area contributed by atoms with Gasteiger partial charge in [-0.15, -0.1) is 0 Å². The standard InChI is InChI=1S/C17H24N4O2/c1-2-20-12-13(10-15(20)22)11-19-16-14(6-5-7-18-16)17(23)21-8-3-4-9-21/h5-7,13H,2-4,8-12H2,1H3,(H,18,19). The molecule has 6 nitrogen and oxygen atoms in total. The first-order valence-electron chi connectivity index (χ1n) is 8.45. The molecule has 0 spiro atoms. The summed E-state index contributed by atoms with van der Waals surface area (Å²) in [5.41, 5.74) is 0.631. The second-order valence-electron chi connectivity index (χ2n) is 6.28. The van der Waals surface area contributed by atoms with Crippen LogP contribution in [0.5, 0.6) is 0 Å². The average Bonchev–Trinajstić information content (AvgIpc) is 3.22. The molecule has 1 aromatic rings. The van der Waals surface area contributed by atoms with Crippen molar-refractivity contribution in [3.05, 3.63) is 23.9 Å². The lowest BCUT2D eigenvalue weighted by Crippen LogP contribution is -2.29. The van der Waals surface area contributed by atoms with Gasteiger partial charge >= 0.3 is 0 Å². The maximum Gasteiger partial charge on any atom is 0.257 e. The van der Waals surface area contributed by atoms with Gasteiger partial charge in [0.1, 0.15) is 5.82 Å². The molecule has 3 rings (SSSR count). The van der Waals surface area contributed by atoms with E-state index in [1.807, 2.05) is 22.8 Å². The molecule has 23 heavy (non-hydrogen) atoms. The molecule has 2 fully saturated rings. The average molecular weight is 316 g/mol. The monoisotopic (exact) mass is 316 g/mol. The first kappa shape index (κ1) is 15.8. The van der Waals surface area contributed by atoms with Gasteiger partial charge in [0.2, 0.25) is 5.91 Å². The van der Waals surface area contributed by atoms with Crippen LogP contribution in [0.15, 0.2) is 18.3 Å². The van der Waals surface area contributed by atoms with Crippen molar-refractivity contribution in [2.24, 2.45) is 5.92 Å². The molecule has 6 heteroatoms. The topological polar surface area (TPSA) is 65.5 Å². The van der Waals surface area contributed by atoms with E-state index in [2.05, 4.69) is 10.3 Å². The lowest BCUT2D eigenvalue weighted by atomic mass is 10.1. The third kappa shape index (κ3) is 3.46. The number of pyridine rings is 1. The molecular formula is C17H24N4O2. The summed E-state index contributed by atoms with van der Waals surface area (Å²) in [6.45, 7) is 5.87. The van der Waals surface area contributed by atoms with Crippen molar-refractivity contribution < 1.29 is 9.59 Å². The number of hydrogen-bond donors (Lipinski definition) is 1. The molecule has 0 saturated carbocycles. The van der Waals surface area contributed by atoms with Gasteiger partial charge in [0.15, 0.2) is 0 Å². The Morgan fingerprint density at radius 3 is 2.87 bits per heavy atom. The minimum absolute atomic E-state index is 0.0517. The Bertz CT molecular complexity index is 584. The van der Waals surface area contributed by atoms with E-state index in [1.54, 1.807) is 12.3 Å². The zero-order valence-corrected chi connectivity index (χ0v) is 13.6. The maximum absolute atomic E-state index is 12.6. The number of rotatable bonds is 5. The molecule has 1 aromatic heterocycles. The fourth-order valence-corrected chi connectivity index (χ4v) is 3.35. The Balaban J connectivity index is 1.64. The predicted molar refractivity (Wildman–Crippen MR) is 88.2 cm³/mol. The predicted octanol–water partition coefficient (Wildman–Crippen LogP) is 1.60. The highest BCUT2D eigenvalue weighted by Crippen LogP contribution is 2.21. The summed E-state index contributed by atoms with van der Waals surface area (Å²) < 4.78 is 0. The van der Waals surface area contributed by atoms with E-state index < -0.39 is 0 Å². The molecule has 0 radical (unpaired) electrons. The number of carbonyl (C=O) groups is 2. The largest absolute Gasteiger partial charge is 0.369 e. The summed E-state index contributed by atoms with van der Waals surface area (Å²) in [5.74, 6) is 1.18. The van der Waals surface area contributed by atoms with E-state index in [0.717, 1.165) is 39.0 Å². The zero-order chi connectivity index (χ0) is 16.2. The Morgan fingerprint density at radius 2 is 2.17 bits per heavy atom. The van der Waals surface area contributed by atoms with Gasteiger partial charge in [-0.2, -0.15) is 0 Å². The van der Waals surface area contributed by atoms with E-state index in [4.69, 9.17) is 0 Å². The minimum Gasteiger partial charge on any atom is -0.369 e. The van der Waals surface area contributed by atoms with Crippen LogP contribution in [-0.4, -0.2) is 59.3 Å². The van der Waals surface area contributed by atoms with Gasteiger partial charge in [-0.1, -0.05) is 0 Å². The first-order chi connectivity index (χ1) is 11.2. The Hall–Kier alpha value is -2.11. The van der Waals surface area contributed by atoms with Crippen molar-refractivity contribution in [1.29, 1.82) is 0 Å². The Kier molecular flexibility index (Phi) is 4.79. The van der Waals surface area contributed by atoms with Gasteiger partial charge in [-0.3, -0.25) is 9.59 Å².